The first-order chi connectivity index (χ1) is 9.41. The minimum Gasteiger partial charge on any atom is -0.542 e. The van der Waals surface area contributed by atoms with Gasteiger partial charge in [-0.25, -0.2) is 4.39 Å². The quantitative estimate of drug-likeness (QED) is 0.802. The van der Waals surface area contributed by atoms with E-state index in [1.807, 2.05) is 47.3 Å². The second-order valence-corrected chi connectivity index (χ2v) is 11.9. The zero-order valence-electron chi connectivity index (χ0n) is 13.9. The van der Waals surface area contributed by atoms with E-state index in [1.54, 1.807) is 12.1 Å². The van der Waals surface area contributed by atoms with Crippen LogP contribution in [0.25, 0.3) is 0 Å². The maximum absolute atomic E-state index is 14.2. The van der Waals surface area contributed by atoms with Gasteiger partial charge in [-0.15, -0.1) is 0 Å². The molecule has 0 unspecified atom stereocenters. The van der Waals surface area contributed by atoms with Crippen LogP contribution in [0.5, 0.6) is 5.75 Å². The average Bonchev–Trinajstić information content (AvgIpc) is 2.49. The van der Waals surface area contributed by atoms with E-state index in [0.29, 0.717) is 11.2 Å². The highest BCUT2D eigenvalue weighted by molar-refractivity contribution is 6.70. The first-order valence-electron chi connectivity index (χ1n) is 7.25. The molecule has 21 heavy (non-hydrogen) atoms. The van der Waals surface area contributed by atoms with E-state index in [-0.39, 0.29) is 5.82 Å². The molecule has 0 N–H and O–H groups in total. The molecule has 1 saturated heterocycles. The van der Waals surface area contributed by atoms with E-state index in [4.69, 9.17) is 13.7 Å². The summed E-state index contributed by atoms with van der Waals surface area (Å²) in [7, 11) is -2.38. The zero-order valence-corrected chi connectivity index (χ0v) is 14.9. The molecule has 1 fully saturated rings. The molecule has 0 amide bonds. The van der Waals surface area contributed by atoms with Crippen LogP contribution in [0.2, 0.25) is 19.6 Å². The third kappa shape index (κ3) is 3.49. The van der Waals surface area contributed by atoms with Crippen LogP contribution in [-0.2, 0) is 9.31 Å². The summed E-state index contributed by atoms with van der Waals surface area (Å²) in [6.45, 7) is 14.0. The van der Waals surface area contributed by atoms with Gasteiger partial charge in [-0.05, 0) is 64.9 Å². The van der Waals surface area contributed by atoms with Crippen molar-refractivity contribution in [2.75, 3.05) is 0 Å². The lowest BCUT2D eigenvalue weighted by molar-refractivity contribution is 0.00578. The number of rotatable bonds is 3. The van der Waals surface area contributed by atoms with Crippen molar-refractivity contribution in [3.05, 3.63) is 24.0 Å². The van der Waals surface area contributed by atoms with E-state index < -0.39 is 26.6 Å². The first kappa shape index (κ1) is 16.5. The van der Waals surface area contributed by atoms with Gasteiger partial charge in [0.2, 0.25) is 8.32 Å². The van der Waals surface area contributed by atoms with E-state index in [2.05, 4.69) is 0 Å². The molecule has 0 aliphatic carbocycles. The van der Waals surface area contributed by atoms with E-state index >= 15 is 0 Å². The summed E-state index contributed by atoms with van der Waals surface area (Å²) >= 11 is 0. The molecule has 0 radical (unpaired) electrons. The van der Waals surface area contributed by atoms with Crippen molar-refractivity contribution < 1.29 is 18.1 Å². The van der Waals surface area contributed by atoms with Gasteiger partial charge in [-0.2, -0.15) is 0 Å². The van der Waals surface area contributed by atoms with Crippen molar-refractivity contribution in [1.29, 1.82) is 0 Å². The minimum atomic E-state index is -1.83. The number of halogens is 1. The topological polar surface area (TPSA) is 27.7 Å². The Labute approximate surface area is 128 Å². The fourth-order valence-corrected chi connectivity index (χ4v) is 2.88. The van der Waals surface area contributed by atoms with Crippen molar-refractivity contribution in [3.63, 3.8) is 0 Å². The molecule has 1 aromatic rings. The van der Waals surface area contributed by atoms with Gasteiger partial charge in [0, 0.05) is 0 Å². The average molecular weight is 310 g/mol. The molecule has 0 bridgehead atoms. The summed E-state index contributed by atoms with van der Waals surface area (Å²) < 4.78 is 31.8. The normalized spacial score (nSPS) is 20.7. The van der Waals surface area contributed by atoms with Gasteiger partial charge in [-0.3, -0.25) is 0 Å². The molecular formula is C15H24BFO3Si. The summed E-state index contributed by atoms with van der Waals surface area (Å²) in [6.07, 6.45) is 0. The second kappa shape index (κ2) is 5.11. The van der Waals surface area contributed by atoms with Crippen molar-refractivity contribution in [1.82, 2.24) is 0 Å². The molecule has 1 aliphatic rings. The van der Waals surface area contributed by atoms with Crippen LogP contribution >= 0.6 is 0 Å². The molecule has 0 saturated carbocycles. The van der Waals surface area contributed by atoms with Crippen LogP contribution in [0.1, 0.15) is 27.7 Å². The monoisotopic (exact) mass is 310 g/mol. The molecule has 0 spiro atoms. The maximum Gasteiger partial charge on any atom is 0.494 e. The van der Waals surface area contributed by atoms with Crippen LogP contribution in [0.15, 0.2) is 18.2 Å². The van der Waals surface area contributed by atoms with Gasteiger partial charge in [0.1, 0.15) is 5.75 Å². The maximum atomic E-state index is 14.2. The summed E-state index contributed by atoms with van der Waals surface area (Å²) in [5.41, 5.74) is -0.183. The standard InChI is InChI=1S/C15H24BFO3Si/c1-14(2)15(3,4)20-16(19-14)11-8-9-13(12(17)10-11)18-21(5,6)7/h8-10H,1-7H3. The van der Waals surface area contributed by atoms with Crippen LogP contribution in [0.3, 0.4) is 0 Å². The Morgan fingerprint density at radius 1 is 1.05 bits per heavy atom. The van der Waals surface area contributed by atoms with Gasteiger partial charge in [-0.1, -0.05) is 6.07 Å². The fourth-order valence-electron chi connectivity index (χ4n) is 2.06. The van der Waals surface area contributed by atoms with Crippen LogP contribution < -0.4 is 9.89 Å². The minimum absolute atomic E-state index is 0.300. The smallest absolute Gasteiger partial charge is 0.494 e. The largest absolute Gasteiger partial charge is 0.542 e. The van der Waals surface area contributed by atoms with E-state index in [1.165, 1.54) is 6.07 Å². The number of hydrogen-bond acceptors (Lipinski definition) is 3. The molecule has 116 valence electrons. The number of hydrogen-bond donors (Lipinski definition) is 0. The first-order valence-corrected chi connectivity index (χ1v) is 10.7. The van der Waals surface area contributed by atoms with Gasteiger partial charge < -0.3 is 13.7 Å². The Morgan fingerprint density at radius 3 is 2.00 bits per heavy atom. The third-order valence-electron chi connectivity index (χ3n) is 3.90. The van der Waals surface area contributed by atoms with E-state index in [0.717, 1.165) is 0 Å². The van der Waals surface area contributed by atoms with Gasteiger partial charge in [0.05, 0.1) is 11.2 Å². The van der Waals surface area contributed by atoms with Crippen LogP contribution in [-0.4, -0.2) is 26.6 Å². The molecule has 0 aromatic heterocycles. The molecule has 3 nitrogen and oxygen atoms in total. The molecule has 1 aliphatic heterocycles. The van der Waals surface area contributed by atoms with Gasteiger partial charge >= 0.3 is 7.12 Å². The lowest BCUT2D eigenvalue weighted by atomic mass is 9.79. The predicted octanol–water partition coefficient (Wildman–Crippen LogP) is 3.34. The van der Waals surface area contributed by atoms with Crippen LogP contribution in [0.4, 0.5) is 4.39 Å². The Kier molecular flexibility index (Phi) is 4.02. The zero-order chi connectivity index (χ0) is 16.1. The predicted molar refractivity (Wildman–Crippen MR) is 86.1 cm³/mol. The molecule has 1 aromatic carbocycles. The Hall–Kier alpha value is -0.848. The van der Waals surface area contributed by atoms with Crippen molar-refractivity contribution >= 4 is 20.9 Å². The van der Waals surface area contributed by atoms with Gasteiger partial charge in [0.15, 0.2) is 5.82 Å². The fraction of sp³-hybridized carbons (Fsp3) is 0.600. The molecular weight excluding hydrogens is 286 g/mol. The lowest BCUT2D eigenvalue weighted by Gasteiger charge is -2.32. The highest BCUT2D eigenvalue weighted by Crippen LogP contribution is 2.36. The highest BCUT2D eigenvalue weighted by atomic mass is 28.4. The van der Waals surface area contributed by atoms with Crippen LogP contribution in [0, 0.1) is 5.82 Å². The molecule has 2 rings (SSSR count). The summed E-state index contributed by atoms with van der Waals surface area (Å²) in [4.78, 5) is 0. The second-order valence-electron chi connectivity index (χ2n) is 7.49. The van der Waals surface area contributed by atoms with Crippen molar-refractivity contribution in [2.45, 2.75) is 58.5 Å². The summed E-state index contributed by atoms with van der Waals surface area (Å²) in [5.74, 6) is -0.0703. The third-order valence-corrected chi connectivity index (χ3v) is 4.73. The van der Waals surface area contributed by atoms with Gasteiger partial charge in [0.25, 0.3) is 0 Å². The number of benzene rings is 1. The van der Waals surface area contributed by atoms with Crippen molar-refractivity contribution in [3.8, 4) is 5.75 Å². The molecule has 6 heteroatoms. The molecule has 1 heterocycles. The summed E-state index contributed by atoms with van der Waals surface area (Å²) in [5, 5.41) is 0. The summed E-state index contributed by atoms with van der Waals surface area (Å²) in [6, 6.07) is 4.91. The Morgan fingerprint density at radius 2 is 1.57 bits per heavy atom. The highest BCUT2D eigenvalue weighted by Gasteiger charge is 2.51. The SMILES string of the molecule is CC1(C)OB(c2ccc(O[Si](C)(C)C)c(F)c2)OC1(C)C. The Balaban J connectivity index is 2.22. The molecule has 0 atom stereocenters. The Bertz CT molecular complexity index is 524. The van der Waals surface area contributed by atoms with E-state index in [9.17, 15) is 4.39 Å². The van der Waals surface area contributed by atoms with Crippen molar-refractivity contribution in [2.24, 2.45) is 0 Å². The lowest BCUT2D eigenvalue weighted by Crippen LogP contribution is -2.41.